The first-order valence-corrected chi connectivity index (χ1v) is 5.54. The lowest BCUT2D eigenvalue weighted by atomic mass is 10.2. The van der Waals surface area contributed by atoms with Crippen LogP contribution in [0.5, 0.6) is 0 Å². The Morgan fingerprint density at radius 1 is 1.36 bits per heavy atom. The third-order valence-corrected chi connectivity index (χ3v) is 3.30. The molecule has 0 saturated carbocycles. The molecular formula is C9H6Cl2N2S. The van der Waals surface area contributed by atoms with Gasteiger partial charge in [-0.3, -0.25) is 0 Å². The minimum Gasteiger partial charge on any atom is -0.226 e. The van der Waals surface area contributed by atoms with Crippen LogP contribution in [0.1, 0.15) is 5.56 Å². The maximum atomic E-state index is 6.01. The van der Waals surface area contributed by atoms with E-state index in [0.29, 0.717) is 5.02 Å². The summed E-state index contributed by atoms with van der Waals surface area (Å²) in [6.07, 6.45) is 1.70. The van der Waals surface area contributed by atoms with Crippen LogP contribution in [0.2, 0.25) is 10.3 Å². The Balaban J connectivity index is 2.62. The zero-order chi connectivity index (χ0) is 10.1. The van der Waals surface area contributed by atoms with Crippen molar-refractivity contribution in [3.63, 3.8) is 0 Å². The van der Waals surface area contributed by atoms with Crippen molar-refractivity contribution in [1.29, 1.82) is 0 Å². The molecule has 0 amide bonds. The average molecular weight is 245 g/mol. The molecule has 0 aromatic carbocycles. The quantitative estimate of drug-likeness (QED) is 0.713. The molecule has 0 aliphatic carbocycles. The predicted octanol–water partition coefficient (Wildman–Crippen LogP) is 3.82. The molecule has 14 heavy (non-hydrogen) atoms. The first-order chi connectivity index (χ1) is 6.68. The molecule has 2 heterocycles. The molecule has 2 aromatic heterocycles. The summed E-state index contributed by atoms with van der Waals surface area (Å²) >= 11 is 13.3. The Kier molecular flexibility index (Phi) is 2.72. The molecule has 2 aromatic rings. The fourth-order valence-corrected chi connectivity index (χ4v) is 2.45. The van der Waals surface area contributed by atoms with Crippen LogP contribution in [0.15, 0.2) is 17.6 Å². The average Bonchev–Trinajstić information content (AvgIpc) is 2.56. The van der Waals surface area contributed by atoms with Gasteiger partial charge in [-0.1, -0.05) is 11.6 Å². The van der Waals surface area contributed by atoms with Crippen LogP contribution in [-0.4, -0.2) is 9.97 Å². The van der Waals surface area contributed by atoms with Gasteiger partial charge in [0.25, 0.3) is 0 Å². The molecular weight excluding hydrogens is 239 g/mol. The second-order valence-electron chi connectivity index (χ2n) is 2.77. The minimum absolute atomic E-state index is 0.245. The summed E-state index contributed by atoms with van der Waals surface area (Å²) in [6.45, 7) is 1.93. The highest BCUT2D eigenvalue weighted by molar-refractivity contribution is 7.14. The molecule has 0 unspecified atom stereocenters. The monoisotopic (exact) mass is 244 g/mol. The van der Waals surface area contributed by atoms with Gasteiger partial charge >= 0.3 is 0 Å². The standard InChI is InChI=1S/C9H6Cl2N2S/c1-5-4-12-9(11)13-7(5)8-6(10)2-3-14-8/h2-4H,1H3. The largest absolute Gasteiger partial charge is 0.226 e. The number of thiophene rings is 1. The number of hydrogen-bond acceptors (Lipinski definition) is 3. The van der Waals surface area contributed by atoms with Crippen LogP contribution < -0.4 is 0 Å². The highest BCUT2D eigenvalue weighted by atomic mass is 35.5. The van der Waals surface area contributed by atoms with Gasteiger partial charge in [0, 0.05) is 6.20 Å². The third-order valence-electron chi connectivity index (χ3n) is 1.77. The number of nitrogens with zero attached hydrogens (tertiary/aromatic N) is 2. The Morgan fingerprint density at radius 3 is 2.79 bits per heavy atom. The zero-order valence-corrected chi connectivity index (χ0v) is 9.62. The van der Waals surface area contributed by atoms with Crippen molar-refractivity contribution < 1.29 is 0 Å². The summed E-state index contributed by atoms with van der Waals surface area (Å²) in [6, 6.07) is 1.84. The first-order valence-electron chi connectivity index (χ1n) is 3.91. The lowest BCUT2D eigenvalue weighted by Crippen LogP contribution is -1.89. The van der Waals surface area contributed by atoms with Gasteiger partial charge in [0.05, 0.1) is 15.6 Å². The predicted molar refractivity (Wildman–Crippen MR) is 60.1 cm³/mol. The van der Waals surface area contributed by atoms with E-state index in [1.807, 2.05) is 18.4 Å². The molecule has 2 rings (SSSR count). The van der Waals surface area contributed by atoms with Crippen LogP contribution in [-0.2, 0) is 0 Å². The van der Waals surface area contributed by atoms with Crippen LogP contribution in [0.25, 0.3) is 10.6 Å². The van der Waals surface area contributed by atoms with Crippen molar-refractivity contribution in [2.75, 3.05) is 0 Å². The molecule has 0 saturated heterocycles. The number of aromatic nitrogens is 2. The molecule has 0 atom stereocenters. The van der Waals surface area contributed by atoms with Gasteiger partial charge in [0.15, 0.2) is 0 Å². The molecule has 0 bridgehead atoms. The second kappa shape index (κ2) is 3.85. The van der Waals surface area contributed by atoms with Gasteiger partial charge in [0.2, 0.25) is 5.28 Å². The van der Waals surface area contributed by atoms with Crippen molar-refractivity contribution in [2.24, 2.45) is 0 Å². The lowest BCUT2D eigenvalue weighted by Gasteiger charge is -2.02. The number of hydrogen-bond donors (Lipinski definition) is 0. The van der Waals surface area contributed by atoms with E-state index >= 15 is 0 Å². The summed E-state index contributed by atoms with van der Waals surface area (Å²) < 4.78 is 0. The van der Waals surface area contributed by atoms with Crippen LogP contribution >= 0.6 is 34.5 Å². The van der Waals surface area contributed by atoms with E-state index in [1.165, 1.54) is 0 Å². The fraction of sp³-hybridized carbons (Fsp3) is 0.111. The van der Waals surface area contributed by atoms with Crippen molar-refractivity contribution >= 4 is 34.5 Å². The van der Waals surface area contributed by atoms with E-state index < -0.39 is 0 Å². The SMILES string of the molecule is Cc1cnc(Cl)nc1-c1sccc1Cl. The maximum absolute atomic E-state index is 6.01. The molecule has 0 radical (unpaired) electrons. The Bertz CT molecular complexity index is 468. The van der Waals surface area contributed by atoms with Crippen LogP contribution in [0, 0.1) is 6.92 Å². The van der Waals surface area contributed by atoms with Gasteiger partial charge in [-0.2, -0.15) is 0 Å². The van der Waals surface area contributed by atoms with E-state index in [0.717, 1.165) is 16.1 Å². The zero-order valence-electron chi connectivity index (χ0n) is 7.29. The molecule has 72 valence electrons. The molecule has 0 aliphatic rings. The Hall–Kier alpha value is -0.640. The van der Waals surface area contributed by atoms with Crippen molar-refractivity contribution in [2.45, 2.75) is 6.92 Å². The van der Waals surface area contributed by atoms with Crippen molar-refractivity contribution in [3.8, 4) is 10.6 Å². The Labute approximate surface area is 95.5 Å². The highest BCUT2D eigenvalue weighted by Gasteiger charge is 2.10. The van der Waals surface area contributed by atoms with E-state index in [-0.39, 0.29) is 5.28 Å². The molecule has 2 nitrogen and oxygen atoms in total. The molecule has 5 heteroatoms. The maximum Gasteiger partial charge on any atom is 0.222 e. The Morgan fingerprint density at radius 2 is 2.14 bits per heavy atom. The topological polar surface area (TPSA) is 25.8 Å². The van der Waals surface area contributed by atoms with E-state index in [1.54, 1.807) is 17.5 Å². The summed E-state index contributed by atoms with van der Waals surface area (Å²) in [5.74, 6) is 0. The first kappa shape index (κ1) is 9.90. The van der Waals surface area contributed by atoms with Crippen molar-refractivity contribution in [3.05, 3.63) is 33.5 Å². The van der Waals surface area contributed by atoms with E-state index in [9.17, 15) is 0 Å². The number of halogens is 2. The smallest absolute Gasteiger partial charge is 0.222 e. The van der Waals surface area contributed by atoms with Gasteiger partial charge < -0.3 is 0 Å². The fourth-order valence-electron chi connectivity index (χ4n) is 1.11. The van der Waals surface area contributed by atoms with Gasteiger partial charge in [-0.05, 0) is 35.5 Å². The normalized spacial score (nSPS) is 10.5. The third kappa shape index (κ3) is 1.75. The molecule has 0 spiro atoms. The highest BCUT2D eigenvalue weighted by Crippen LogP contribution is 2.33. The number of rotatable bonds is 1. The summed E-state index contributed by atoms with van der Waals surface area (Å²) in [7, 11) is 0. The summed E-state index contributed by atoms with van der Waals surface area (Å²) in [5, 5.41) is 2.87. The van der Waals surface area contributed by atoms with Crippen LogP contribution in [0.3, 0.4) is 0 Å². The van der Waals surface area contributed by atoms with Crippen molar-refractivity contribution in [1.82, 2.24) is 9.97 Å². The van der Waals surface area contributed by atoms with Crippen LogP contribution in [0.4, 0.5) is 0 Å². The van der Waals surface area contributed by atoms with Gasteiger partial charge in [-0.15, -0.1) is 11.3 Å². The summed E-state index contributed by atoms with van der Waals surface area (Å²) in [4.78, 5) is 8.99. The lowest BCUT2D eigenvalue weighted by molar-refractivity contribution is 1.14. The van der Waals surface area contributed by atoms with E-state index in [4.69, 9.17) is 23.2 Å². The molecule has 0 aliphatic heterocycles. The van der Waals surface area contributed by atoms with Gasteiger partial charge in [-0.25, -0.2) is 9.97 Å². The number of aryl methyl sites for hydroxylation is 1. The minimum atomic E-state index is 0.245. The molecule has 0 fully saturated rings. The second-order valence-corrected chi connectivity index (χ2v) is 4.43. The molecule has 0 N–H and O–H groups in total. The van der Waals surface area contributed by atoms with Gasteiger partial charge in [0.1, 0.15) is 0 Å². The summed E-state index contributed by atoms with van der Waals surface area (Å²) in [5.41, 5.74) is 1.78. The van der Waals surface area contributed by atoms with E-state index in [2.05, 4.69) is 9.97 Å².